The molecule has 2 aliphatic heterocycles. The molecule has 1 saturated heterocycles. The van der Waals surface area contributed by atoms with Crippen LogP contribution in [0.4, 0.5) is 15.9 Å². The van der Waals surface area contributed by atoms with E-state index in [-0.39, 0.29) is 23.9 Å². The number of carbonyl (C=O) groups is 1. The number of piperazine rings is 1. The van der Waals surface area contributed by atoms with Gasteiger partial charge in [-0.2, -0.15) is 0 Å². The van der Waals surface area contributed by atoms with E-state index in [1.165, 1.54) is 12.1 Å². The van der Waals surface area contributed by atoms with Crippen molar-refractivity contribution in [1.29, 1.82) is 0 Å². The minimum Gasteiger partial charge on any atom is -0.349 e. The Bertz CT molecular complexity index is 1650. The van der Waals surface area contributed by atoms with Crippen LogP contribution in [0.3, 0.4) is 0 Å². The summed E-state index contributed by atoms with van der Waals surface area (Å²) >= 11 is 6.87. The van der Waals surface area contributed by atoms with Crippen LogP contribution in [0.15, 0.2) is 60.4 Å². The molecule has 0 aliphatic carbocycles. The molecule has 43 heavy (non-hydrogen) atoms. The molecule has 224 valence electrons. The summed E-state index contributed by atoms with van der Waals surface area (Å²) in [5.74, 6) is 1.88. The Balaban J connectivity index is 1.74. The number of amidine groups is 1. The standard InChI is InChI=1S/C33H37ClFN7O/c1-9-27-36-21(7)31(29(38-27)18(3)4)42-22(8)37-32(41-17-19(5)40(16-20(41)6)28(43)10-2)24-15-25(34)30(39-33(24)42)23-13-11-12-14-26(23)35/h10-15,18-20H,2,8-9,16-17H2,1,3-7H3. The van der Waals surface area contributed by atoms with E-state index < -0.39 is 5.82 Å². The molecule has 1 fully saturated rings. The number of pyridine rings is 1. The number of hydrogen-bond acceptors (Lipinski definition) is 7. The van der Waals surface area contributed by atoms with Crippen LogP contribution >= 0.6 is 11.6 Å². The maximum atomic E-state index is 15.1. The second kappa shape index (κ2) is 11.9. The molecule has 0 radical (unpaired) electrons. The number of amides is 1. The first-order valence-electron chi connectivity index (χ1n) is 14.6. The Kier molecular flexibility index (Phi) is 8.38. The Morgan fingerprint density at radius 1 is 1.14 bits per heavy atom. The summed E-state index contributed by atoms with van der Waals surface area (Å²) in [6.45, 7) is 21.3. The third-order valence-corrected chi connectivity index (χ3v) is 8.25. The van der Waals surface area contributed by atoms with Crippen LogP contribution in [0.2, 0.25) is 5.02 Å². The van der Waals surface area contributed by atoms with Gasteiger partial charge in [0.25, 0.3) is 0 Å². The fourth-order valence-corrected chi connectivity index (χ4v) is 6.05. The molecule has 5 rings (SSSR count). The predicted octanol–water partition coefficient (Wildman–Crippen LogP) is 6.80. The normalized spacial score (nSPS) is 18.6. The summed E-state index contributed by atoms with van der Waals surface area (Å²) in [6, 6.07) is 8.08. The van der Waals surface area contributed by atoms with Crippen LogP contribution in [-0.2, 0) is 11.2 Å². The van der Waals surface area contributed by atoms with Gasteiger partial charge in [-0.15, -0.1) is 0 Å². The number of halogens is 2. The Hall–Kier alpha value is -4.11. The van der Waals surface area contributed by atoms with E-state index >= 15 is 4.39 Å². The summed E-state index contributed by atoms with van der Waals surface area (Å²) in [4.78, 5) is 38.1. The van der Waals surface area contributed by atoms with Gasteiger partial charge >= 0.3 is 0 Å². The predicted molar refractivity (Wildman–Crippen MR) is 170 cm³/mol. The van der Waals surface area contributed by atoms with Crippen LogP contribution in [-0.4, -0.2) is 61.7 Å². The number of nitrogens with zero attached hydrogens (tertiary/aromatic N) is 7. The number of carbonyl (C=O) groups excluding carboxylic acids is 1. The van der Waals surface area contributed by atoms with Gasteiger partial charge in [0.2, 0.25) is 5.91 Å². The quantitative estimate of drug-likeness (QED) is 0.299. The average Bonchev–Trinajstić information content (AvgIpc) is 2.97. The maximum Gasteiger partial charge on any atom is 0.246 e. The van der Waals surface area contributed by atoms with E-state index in [1.54, 1.807) is 24.3 Å². The molecule has 2 atom stereocenters. The zero-order valence-electron chi connectivity index (χ0n) is 25.5. The van der Waals surface area contributed by atoms with Crippen molar-refractivity contribution in [1.82, 2.24) is 24.8 Å². The smallest absolute Gasteiger partial charge is 0.246 e. The molecule has 10 heteroatoms. The molecule has 0 spiro atoms. The first-order chi connectivity index (χ1) is 20.5. The van der Waals surface area contributed by atoms with Gasteiger partial charge in [0.05, 0.1) is 33.4 Å². The molecule has 1 aromatic carbocycles. The number of aryl methyl sites for hydroxylation is 2. The zero-order valence-corrected chi connectivity index (χ0v) is 26.3. The fraction of sp³-hybridized carbons (Fsp3) is 0.364. The lowest BCUT2D eigenvalue weighted by Crippen LogP contribution is -2.59. The highest BCUT2D eigenvalue weighted by molar-refractivity contribution is 6.33. The molecule has 0 saturated carbocycles. The monoisotopic (exact) mass is 601 g/mol. The third-order valence-electron chi connectivity index (χ3n) is 7.96. The van der Waals surface area contributed by atoms with Crippen LogP contribution in [0, 0.1) is 12.7 Å². The highest BCUT2D eigenvalue weighted by atomic mass is 35.5. The number of hydrogen-bond donors (Lipinski definition) is 0. The van der Waals surface area contributed by atoms with Crippen LogP contribution < -0.4 is 4.90 Å². The van der Waals surface area contributed by atoms with Gasteiger partial charge in [0, 0.05) is 37.2 Å². The minimum atomic E-state index is -0.424. The third kappa shape index (κ3) is 5.42. The zero-order chi connectivity index (χ0) is 31.2. The molecule has 8 nitrogen and oxygen atoms in total. The first-order valence-corrected chi connectivity index (χ1v) is 14.9. The summed E-state index contributed by atoms with van der Waals surface area (Å²) in [6.07, 6.45) is 2.04. The van der Waals surface area contributed by atoms with Gasteiger partial charge in [0.1, 0.15) is 23.3 Å². The van der Waals surface area contributed by atoms with Gasteiger partial charge in [-0.3, -0.25) is 9.69 Å². The number of aliphatic imine (C=N–C) groups is 1. The molecular weight excluding hydrogens is 565 g/mol. The van der Waals surface area contributed by atoms with E-state index in [9.17, 15) is 4.79 Å². The largest absolute Gasteiger partial charge is 0.349 e. The fourth-order valence-electron chi connectivity index (χ4n) is 5.80. The first kappa shape index (κ1) is 30.4. The van der Waals surface area contributed by atoms with Crippen LogP contribution in [0.5, 0.6) is 0 Å². The van der Waals surface area contributed by atoms with Gasteiger partial charge in [-0.25, -0.2) is 24.3 Å². The number of rotatable bonds is 5. The van der Waals surface area contributed by atoms with Gasteiger partial charge < -0.3 is 9.80 Å². The highest BCUT2D eigenvalue weighted by Crippen LogP contribution is 2.43. The summed E-state index contributed by atoms with van der Waals surface area (Å²) in [5, 5.41) is 0.295. The van der Waals surface area contributed by atoms with E-state index in [0.29, 0.717) is 58.8 Å². The minimum absolute atomic E-state index is 0.0679. The van der Waals surface area contributed by atoms with E-state index in [0.717, 1.165) is 22.9 Å². The lowest BCUT2D eigenvalue weighted by atomic mass is 10.0. The van der Waals surface area contributed by atoms with Crippen molar-refractivity contribution >= 4 is 34.8 Å². The molecule has 2 aliphatic rings. The number of anilines is 2. The van der Waals surface area contributed by atoms with Crippen molar-refractivity contribution in [3.8, 4) is 11.3 Å². The molecule has 4 heterocycles. The number of fused-ring (bicyclic) bond motifs is 1. The molecule has 0 N–H and O–H groups in total. The van der Waals surface area contributed by atoms with E-state index in [2.05, 4.69) is 31.9 Å². The van der Waals surface area contributed by atoms with Crippen molar-refractivity contribution < 1.29 is 9.18 Å². The van der Waals surface area contributed by atoms with E-state index in [1.807, 2.05) is 37.5 Å². The molecule has 2 unspecified atom stereocenters. The van der Waals surface area contributed by atoms with Gasteiger partial charge in [-0.1, -0.05) is 57.7 Å². The van der Waals surface area contributed by atoms with Gasteiger partial charge in [0.15, 0.2) is 5.82 Å². The SMILES string of the molecule is C=CC(=O)N1CC(C)N(C2=NC(=C)N(c3c(C)nc(CC)nc3C(C)C)c3nc(-c4ccccc4F)c(Cl)cc32)CC1C. The average molecular weight is 602 g/mol. The van der Waals surface area contributed by atoms with Gasteiger partial charge in [-0.05, 0) is 51.0 Å². The maximum absolute atomic E-state index is 15.1. The Labute approximate surface area is 257 Å². The summed E-state index contributed by atoms with van der Waals surface area (Å²) in [5.41, 5.74) is 3.64. The van der Waals surface area contributed by atoms with Crippen molar-refractivity contribution in [2.24, 2.45) is 4.99 Å². The van der Waals surface area contributed by atoms with Crippen LogP contribution in [0.25, 0.3) is 11.3 Å². The topological polar surface area (TPSA) is 77.8 Å². The lowest BCUT2D eigenvalue weighted by Gasteiger charge is -2.46. The lowest BCUT2D eigenvalue weighted by molar-refractivity contribution is -0.130. The molecule has 3 aromatic rings. The molecule has 0 bridgehead atoms. The highest BCUT2D eigenvalue weighted by Gasteiger charge is 2.38. The summed E-state index contributed by atoms with van der Waals surface area (Å²) < 4.78 is 15.1. The Morgan fingerprint density at radius 2 is 1.86 bits per heavy atom. The molecular formula is C33H37ClFN7O. The molecule has 1 amide bonds. The Morgan fingerprint density at radius 3 is 2.51 bits per heavy atom. The van der Waals surface area contributed by atoms with Crippen molar-refractivity contribution in [3.63, 3.8) is 0 Å². The number of aromatic nitrogens is 3. The van der Waals surface area contributed by atoms with Crippen molar-refractivity contribution in [2.45, 2.75) is 66.0 Å². The second-order valence-corrected chi connectivity index (χ2v) is 11.8. The van der Waals surface area contributed by atoms with Crippen molar-refractivity contribution in [3.05, 3.63) is 89.0 Å². The van der Waals surface area contributed by atoms with E-state index in [4.69, 9.17) is 31.5 Å². The van der Waals surface area contributed by atoms with Crippen LogP contribution in [0.1, 0.15) is 63.3 Å². The molecule has 2 aromatic heterocycles. The summed E-state index contributed by atoms with van der Waals surface area (Å²) in [7, 11) is 0. The number of benzene rings is 1. The van der Waals surface area contributed by atoms with Crippen molar-refractivity contribution in [2.75, 3.05) is 18.0 Å². The second-order valence-electron chi connectivity index (χ2n) is 11.4.